The molecule has 3 rings (SSSR count). The second-order valence-corrected chi connectivity index (χ2v) is 8.66. The molecule has 0 atom stereocenters. The summed E-state index contributed by atoms with van der Waals surface area (Å²) < 4.78 is 31.9. The first-order valence-corrected chi connectivity index (χ1v) is 10.6. The summed E-state index contributed by atoms with van der Waals surface area (Å²) in [5, 5.41) is 0.484. The van der Waals surface area contributed by atoms with E-state index in [9.17, 15) is 13.2 Å². The number of piperazine rings is 1. The highest BCUT2D eigenvalue weighted by Gasteiger charge is 2.29. The summed E-state index contributed by atoms with van der Waals surface area (Å²) in [5.74, 6) is 0.612. The van der Waals surface area contributed by atoms with Crippen LogP contribution in [0.2, 0.25) is 5.02 Å². The number of sulfonamides is 1. The Bertz CT molecular complexity index is 949. The first-order valence-electron chi connectivity index (χ1n) is 8.77. The van der Waals surface area contributed by atoms with Gasteiger partial charge < -0.3 is 9.64 Å². The molecule has 1 fully saturated rings. The van der Waals surface area contributed by atoms with Gasteiger partial charge >= 0.3 is 0 Å². The molecule has 6 nitrogen and oxygen atoms in total. The van der Waals surface area contributed by atoms with Gasteiger partial charge in [0.1, 0.15) is 5.75 Å². The molecule has 1 aliphatic heterocycles. The van der Waals surface area contributed by atoms with Crippen LogP contribution in [0, 0.1) is 0 Å². The van der Waals surface area contributed by atoms with Crippen LogP contribution in [0.5, 0.6) is 5.75 Å². The fourth-order valence-corrected chi connectivity index (χ4v) is 4.44. The molecule has 0 saturated carbocycles. The number of hydrogen-bond acceptors (Lipinski definition) is 4. The predicted octanol–water partition coefficient (Wildman–Crippen LogP) is 2.89. The molecular weight excluding hydrogens is 400 g/mol. The zero-order valence-corrected chi connectivity index (χ0v) is 17.0. The molecule has 28 heavy (non-hydrogen) atoms. The van der Waals surface area contributed by atoms with Crippen LogP contribution in [0.15, 0.2) is 59.5 Å². The predicted molar refractivity (Wildman–Crippen MR) is 109 cm³/mol. The Labute approximate surface area is 170 Å². The lowest BCUT2D eigenvalue weighted by atomic mass is 10.2. The Balaban J connectivity index is 1.58. The van der Waals surface area contributed by atoms with Crippen LogP contribution in [0.4, 0.5) is 0 Å². The number of amides is 1. The zero-order valence-electron chi connectivity index (χ0n) is 15.4. The Kier molecular flexibility index (Phi) is 6.39. The molecule has 0 aliphatic carbocycles. The van der Waals surface area contributed by atoms with E-state index < -0.39 is 10.0 Å². The maximum atomic E-state index is 12.7. The summed E-state index contributed by atoms with van der Waals surface area (Å²) in [5.41, 5.74) is 0.887. The third-order valence-electron chi connectivity index (χ3n) is 4.54. The van der Waals surface area contributed by atoms with Crippen LogP contribution in [0.3, 0.4) is 0 Å². The quantitative estimate of drug-likeness (QED) is 0.697. The van der Waals surface area contributed by atoms with Crippen molar-refractivity contribution in [3.05, 3.63) is 65.2 Å². The number of carbonyl (C=O) groups is 1. The lowest BCUT2D eigenvalue weighted by Gasteiger charge is -2.33. The van der Waals surface area contributed by atoms with Crippen molar-refractivity contribution in [2.75, 3.05) is 33.3 Å². The molecule has 0 aromatic heterocycles. The second-order valence-electron chi connectivity index (χ2n) is 6.29. The van der Waals surface area contributed by atoms with Crippen LogP contribution in [0.1, 0.15) is 5.56 Å². The molecule has 0 spiro atoms. The lowest BCUT2D eigenvalue weighted by molar-refractivity contribution is -0.127. The number of methoxy groups -OCH3 is 1. The van der Waals surface area contributed by atoms with Gasteiger partial charge in [-0.2, -0.15) is 4.31 Å². The van der Waals surface area contributed by atoms with E-state index in [0.717, 1.165) is 11.3 Å². The Hall–Kier alpha value is -2.35. The lowest BCUT2D eigenvalue weighted by Crippen LogP contribution is -2.50. The third-order valence-corrected chi connectivity index (χ3v) is 6.70. The van der Waals surface area contributed by atoms with E-state index in [2.05, 4.69) is 0 Å². The van der Waals surface area contributed by atoms with Crippen molar-refractivity contribution in [2.24, 2.45) is 0 Å². The first kappa shape index (κ1) is 20.4. The molecule has 2 aromatic rings. The van der Waals surface area contributed by atoms with Crippen molar-refractivity contribution in [3.8, 4) is 5.75 Å². The van der Waals surface area contributed by atoms with E-state index >= 15 is 0 Å². The maximum absolute atomic E-state index is 12.7. The normalized spacial score (nSPS) is 15.7. The van der Waals surface area contributed by atoms with Crippen molar-refractivity contribution in [1.82, 2.24) is 9.21 Å². The van der Waals surface area contributed by atoms with Crippen LogP contribution in [0.25, 0.3) is 6.08 Å². The van der Waals surface area contributed by atoms with Gasteiger partial charge in [-0.3, -0.25) is 4.79 Å². The van der Waals surface area contributed by atoms with Gasteiger partial charge in [0.15, 0.2) is 0 Å². The standard InChI is InChI=1S/C20H21ClN2O4S/c1-27-18-7-2-16(3-8-18)4-11-20(24)22-12-14-23(15-13-22)28(25,26)19-9-5-17(21)6-10-19/h2-11H,12-15H2,1H3/b11-4+. The highest BCUT2D eigenvalue weighted by Crippen LogP contribution is 2.20. The fourth-order valence-electron chi connectivity index (χ4n) is 2.89. The molecule has 1 aliphatic rings. The number of carbonyl (C=O) groups excluding carboxylic acids is 1. The molecule has 1 amide bonds. The number of hydrogen-bond donors (Lipinski definition) is 0. The van der Waals surface area contributed by atoms with Gasteiger partial charge in [-0.15, -0.1) is 0 Å². The zero-order chi connectivity index (χ0) is 20.1. The van der Waals surface area contributed by atoms with Gasteiger partial charge in [-0.05, 0) is 48.0 Å². The average Bonchev–Trinajstić information content (AvgIpc) is 2.73. The Morgan fingerprint density at radius 1 is 1.00 bits per heavy atom. The van der Waals surface area contributed by atoms with E-state index in [-0.39, 0.29) is 23.9 Å². The molecule has 8 heteroatoms. The molecule has 0 N–H and O–H groups in total. The molecule has 0 radical (unpaired) electrons. The number of nitrogens with zero attached hydrogens (tertiary/aromatic N) is 2. The highest BCUT2D eigenvalue weighted by molar-refractivity contribution is 7.89. The topological polar surface area (TPSA) is 66.9 Å². The third kappa shape index (κ3) is 4.73. The minimum absolute atomic E-state index is 0.139. The molecule has 1 heterocycles. The molecule has 2 aromatic carbocycles. The maximum Gasteiger partial charge on any atom is 0.246 e. The SMILES string of the molecule is COc1ccc(/C=C/C(=O)N2CCN(S(=O)(=O)c3ccc(Cl)cc3)CC2)cc1. The smallest absolute Gasteiger partial charge is 0.246 e. The van der Waals surface area contributed by atoms with Crippen molar-refractivity contribution in [1.29, 1.82) is 0 Å². The van der Waals surface area contributed by atoms with Crippen molar-refractivity contribution < 1.29 is 17.9 Å². The minimum atomic E-state index is -3.58. The van der Waals surface area contributed by atoms with Crippen molar-refractivity contribution in [3.63, 3.8) is 0 Å². The summed E-state index contributed by atoms with van der Waals surface area (Å²) in [6, 6.07) is 13.5. The van der Waals surface area contributed by atoms with Crippen LogP contribution in [-0.4, -0.2) is 56.8 Å². The fraction of sp³-hybridized carbons (Fsp3) is 0.250. The number of rotatable bonds is 5. The van der Waals surface area contributed by atoms with E-state index in [0.29, 0.717) is 18.1 Å². The number of ether oxygens (including phenoxy) is 1. The van der Waals surface area contributed by atoms with E-state index in [1.807, 2.05) is 24.3 Å². The Morgan fingerprint density at radius 3 is 2.18 bits per heavy atom. The summed E-state index contributed by atoms with van der Waals surface area (Å²) in [6.07, 6.45) is 3.24. The summed E-state index contributed by atoms with van der Waals surface area (Å²) in [4.78, 5) is 14.2. The van der Waals surface area contributed by atoms with Gasteiger partial charge in [0.25, 0.3) is 0 Å². The van der Waals surface area contributed by atoms with E-state index in [1.165, 1.54) is 22.5 Å². The summed E-state index contributed by atoms with van der Waals surface area (Å²) in [7, 11) is -1.98. The molecule has 148 valence electrons. The van der Waals surface area contributed by atoms with E-state index in [1.54, 1.807) is 30.2 Å². The van der Waals surface area contributed by atoms with Crippen LogP contribution < -0.4 is 4.74 Å². The summed E-state index contributed by atoms with van der Waals surface area (Å²) in [6.45, 7) is 1.21. The second kappa shape index (κ2) is 8.77. The van der Waals surface area contributed by atoms with Crippen LogP contribution >= 0.6 is 11.6 Å². The van der Waals surface area contributed by atoms with Gasteiger partial charge in [0, 0.05) is 37.3 Å². The number of halogens is 1. The summed E-state index contributed by atoms with van der Waals surface area (Å²) >= 11 is 5.83. The van der Waals surface area contributed by atoms with Gasteiger partial charge in [0.2, 0.25) is 15.9 Å². The van der Waals surface area contributed by atoms with Crippen LogP contribution in [-0.2, 0) is 14.8 Å². The van der Waals surface area contributed by atoms with Gasteiger partial charge in [-0.1, -0.05) is 23.7 Å². The minimum Gasteiger partial charge on any atom is -0.497 e. The highest BCUT2D eigenvalue weighted by atomic mass is 35.5. The van der Waals surface area contributed by atoms with Crippen molar-refractivity contribution in [2.45, 2.75) is 4.90 Å². The van der Waals surface area contributed by atoms with Gasteiger partial charge in [-0.25, -0.2) is 8.42 Å². The van der Waals surface area contributed by atoms with E-state index in [4.69, 9.17) is 16.3 Å². The molecular formula is C20H21ClN2O4S. The molecule has 0 unspecified atom stereocenters. The van der Waals surface area contributed by atoms with Gasteiger partial charge in [0.05, 0.1) is 12.0 Å². The Morgan fingerprint density at radius 2 is 1.61 bits per heavy atom. The molecule has 1 saturated heterocycles. The monoisotopic (exact) mass is 420 g/mol. The first-order chi connectivity index (χ1) is 13.4. The molecule has 0 bridgehead atoms. The largest absolute Gasteiger partial charge is 0.497 e. The average molecular weight is 421 g/mol. The van der Waals surface area contributed by atoms with Crippen molar-refractivity contribution >= 4 is 33.6 Å². The number of benzene rings is 2.